The number of hydrogen-bond donors (Lipinski definition) is 2. The zero-order chi connectivity index (χ0) is 10.8. The van der Waals surface area contributed by atoms with Crippen molar-refractivity contribution in [3.63, 3.8) is 0 Å². The summed E-state index contributed by atoms with van der Waals surface area (Å²) in [6.07, 6.45) is 0. The number of hydrogen-bond acceptors (Lipinski definition) is 5. The third-order valence-electron chi connectivity index (χ3n) is 2.13. The van der Waals surface area contributed by atoms with Crippen LogP contribution in [0, 0.1) is 6.92 Å². The summed E-state index contributed by atoms with van der Waals surface area (Å²) >= 11 is 1.77. The molecule has 0 bridgehead atoms. The second-order valence-corrected chi connectivity index (χ2v) is 4.68. The van der Waals surface area contributed by atoms with E-state index in [2.05, 4.69) is 34.6 Å². The van der Waals surface area contributed by atoms with Crippen LogP contribution in [0.4, 0.5) is 11.9 Å². The fourth-order valence-electron chi connectivity index (χ4n) is 1.24. The van der Waals surface area contributed by atoms with E-state index in [1.165, 1.54) is 9.75 Å². The molecule has 3 N–H and O–H groups in total. The Kier molecular flexibility index (Phi) is 2.59. The standard InChI is InChI=1S/C9H13N5S/c1-6-3-4-7(15-6)5-11-9-13-12-8(10)14(9)2/h3-4H,5H2,1-2H3,(H2,10,12)(H,11,13). The minimum Gasteiger partial charge on any atom is -0.368 e. The van der Waals surface area contributed by atoms with Crippen molar-refractivity contribution < 1.29 is 0 Å². The number of thiophene rings is 1. The Morgan fingerprint density at radius 1 is 1.47 bits per heavy atom. The van der Waals surface area contributed by atoms with E-state index in [1.54, 1.807) is 15.9 Å². The Balaban J connectivity index is 2.02. The number of nitrogens with two attached hydrogens (primary N) is 1. The molecule has 0 spiro atoms. The van der Waals surface area contributed by atoms with Crippen LogP contribution in [0.3, 0.4) is 0 Å². The van der Waals surface area contributed by atoms with E-state index in [4.69, 9.17) is 5.73 Å². The highest BCUT2D eigenvalue weighted by atomic mass is 32.1. The second-order valence-electron chi connectivity index (χ2n) is 3.31. The predicted molar refractivity (Wildman–Crippen MR) is 61.8 cm³/mol. The Hall–Kier alpha value is -1.56. The molecule has 0 aliphatic rings. The van der Waals surface area contributed by atoms with Gasteiger partial charge in [0.05, 0.1) is 6.54 Å². The summed E-state index contributed by atoms with van der Waals surface area (Å²) in [7, 11) is 1.83. The van der Waals surface area contributed by atoms with E-state index in [0.717, 1.165) is 6.54 Å². The van der Waals surface area contributed by atoms with Gasteiger partial charge < -0.3 is 11.1 Å². The largest absolute Gasteiger partial charge is 0.368 e. The first-order valence-electron chi connectivity index (χ1n) is 4.61. The zero-order valence-electron chi connectivity index (χ0n) is 8.69. The third kappa shape index (κ3) is 2.10. The van der Waals surface area contributed by atoms with Gasteiger partial charge in [-0.05, 0) is 19.1 Å². The Morgan fingerprint density at radius 3 is 2.80 bits per heavy atom. The minimum atomic E-state index is 0.417. The van der Waals surface area contributed by atoms with Gasteiger partial charge in [-0.25, -0.2) is 0 Å². The number of aromatic nitrogens is 3. The van der Waals surface area contributed by atoms with Gasteiger partial charge in [0.1, 0.15) is 0 Å². The van der Waals surface area contributed by atoms with Crippen LogP contribution in [0.5, 0.6) is 0 Å². The topological polar surface area (TPSA) is 68.8 Å². The quantitative estimate of drug-likeness (QED) is 0.824. The fourth-order valence-corrected chi connectivity index (χ4v) is 2.07. The van der Waals surface area contributed by atoms with Crippen molar-refractivity contribution in [3.8, 4) is 0 Å². The molecule has 80 valence electrons. The molecule has 2 aromatic rings. The molecule has 0 aliphatic heterocycles. The lowest BCUT2D eigenvalue weighted by molar-refractivity contribution is 0.912. The smallest absolute Gasteiger partial charge is 0.226 e. The number of anilines is 2. The van der Waals surface area contributed by atoms with E-state index in [0.29, 0.717) is 11.9 Å². The van der Waals surface area contributed by atoms with E-state index in [1.807, 2.05) is 7.05 Å². The van der Waals surface area contributed by atoms with Crippen LogP contribution in [0.25, 0.3) is 0 Å². The van der Waals surface area contributed by atoms with E-state index >= 15 is 0 Å². The normalized spacial score (nSPS) is 10.5. The van der Waals surface area contributed by atoms with Crippen molar-refractivity contribution in [1.29, 1.82) is 0 Å². The lowest BCUT2D eigenvalue weighted by atomic mass is 10.4. The van der Waals surface area contributed by atoms with Gasteiger partial charge in [-0.15, -0.1) is 21.5 Å². The van der Waals surface area contributed by atoms with Crippen molar-refractivity contribution in [1.82, 2.24) is 14.8 Å². The number of nitrogens with one attached hydrogen (secondary N) is 1. The molecule has 5 nitrogen and oxygen atoms in total. The van der Waals surface area contributed by atoms with Gasteiger partial charge in [-0.2, -0.15) is 0 Å². The van der Waals surface area contributed by atoms with Gasteiger partial charge in [-0.3, -0.25) is 4.57 Å². The molecule has 2 heterocycles. The van der Waals surface area contributed by atoms with Gasteiger partial charge in [0.2, 0.25) is 11.9 Å². The number of nitrogen functional groups attached to an aromatic ring is 1. The fraction of sp³-hybridized carbons (Fsp3) is 0.333. The van der Waals surface area contributed by atoms with Crippen LogP contribution in [-0.4, -0.2) is 14.8 Å². The summed E-state index contributed by atoms with van der Waals surface area (Å²) in [6, 6.07) is 4.21. The van der Waals surface area contributed by atoms with Crippen LogP contribution in [0.2, 0.25) is 0 Å². The first kappa shape index (κ1) is 9.97. The average Bonchev–Trinajstić information content (AvgIpc) is 2.74. The molecular formula is C9H13N5S. The zero-order valence-corrected chi connectivity index (χ0v) is 9.51. The third-order valence-corrected chi connectivity index (χ3v) is 3.13. The number of nitrogens with zero attached hydrogens (tertiary/aromatic N) is 3. The van der Waals surface area contributed by atoms with Gasteiger partial charge >= 0.3 is 0 Å². The SMILES string of the molecule is Cc1ccc(CNc2nnc(N)n2C)s1. The Labute approximate surface area is 91.9 Å². The highest BCUT2D eigenvalue weighted by Gasteiger charge is 2.04. The molecule has 0 aromatic carbocycles. The maximum atomic E-state index is 5.57. The molecule has 0 fully saturated rings. The Morgan fingerprint density at radius 2 is 2.27 bits per heavy atom. The van der Waals surface area contributed by atoms with Crippen molar-refractivity contribution in [2.75, 3.05) is 11.1 Å². The van der Waals surface area contributed by atoms with Crippen molar-refractivity contribution >= 4 is 23.2 Å². The highest BCUT2D eigenvalue weighted by molar-refractivity contribution is 7.11. The first-order chi connectivity index (χ1) is 7.16. The van der Waals surface area contributed by atoms with Gasteiger partial charge in [0, 0.05) is 16.8 Å². The van der Waals surface area contributed by atoms with Crippen LogP contribution in [0.1, 0.15) is 9.75 Å². The van der Waals surface area contributed by atoms with Crippen LogP contribution in [0.15, 0.2) is 12.1 Å². The summed E-state index contributed by atoms with van der Waals surface area (Å²) in [5, 5.41) is 10.9. The molecule has 0 atom stereocenters. The molecule has 2 rings (SSSR count). The van der Waals surface area contributed by atoms with E-state index in [-0.39, 0.29) is 0 Å². The molecule has 0 unspecified atom stereocenters. The molecule has 0 saturated heterocycles. The monoisotopic (exact) mass is 223 g/mol. The summed E-state index contributed by atoms with van der Waals surface area (Å²) < 4.78 is 1.72. The molecule has 0 aliphatic carbocycles. The maximum absolute atomic E-state index is 5.57. The van der Waals surface area contributed by atoms with Gasteiger partial charge in [0.25, 0.3) is 0 Å². The first-order valence-corrected chi connectivity index (χ1v) is 5.42. The molecule has 0 saturated carbocycles. The average molecular weight is 223 g/mol. The van der Waals surface area contributed by atoms with Crippen molar-refractivity contribution in [2.24, 2.45) is 7.05 Å². The van der Waals surface area contributed by atoms with Crippen molar-refractivity contribution in [3.05, 3.63) is 21.9 Å². The molecule has 0 radical (unpaired) electrons. The molecule has 0 amide bonds. The summed E-state index contributed by atoms with van der Waals surface area (Å²) in [5.74, 6) is 1.11. The second kappa shape index (κ2) is 3.90. The Bertz CT molecular complexity index is 459. The molecule has 15 heavy (non-hydrogen) atoms. The lowest BCUT2D eigenvalue weighted by Gasteiger charge is -2.03. The van der Waals surface area contributed by atoms with E-state index in [9.17, 15) is 0 Å². The summed E-state index contributed by atoms with van der Waals surface area (Å²) in [4.78, 5) is 2.58. The van der Waals surface area contributed by atoms with Crippen molar-refractivity contribution in [2.45, 2.75) is 13.5 Å². The van der Waals surface area contributed by atoms with Crippen LogP contribution >= 0.6 is 11.3 Å². The maximum Gasteiger partial charge on any atom is 0.226 e. The van der Waals surface area contributed by atoms with Gasteiger partial charge in [0.15, 0.2) is 0 Å². The summed E-state index contributed by atoms with van der Waals surface area (Å²) in [5.41, 5.74) is 5.57. The number of aryl methyl sites for hydroxylation is 1. The summed E-state index contributed by atoms with van der Waals surface area (Å²) in [6.45, 7) is 2.85. The molecule has 2 aromatic heterocycles. The van der Waals surface area contributed by atoms with Crippen LogP contribution in [-0.2, 0) is 13.6 Å². The van der Waals surface area contributed by atoms with E-state index < -0.39 is 0 Å². The number of rotatable bonds is 3. The lowest BCUT2D eigenvalue weighted by Crippen LogP contribution is -2.05. The molecule has 6 heteroatoms. The molecular weight excluding hydrogens is 210 g/mol. The van der Waals surface area contributed by atoms with Gasteiger partial charge in [-0.1, -0.05) is 0 Å². The predicted octanol–water partition coefficient (Wildman–Crippen LogP) is 1.38. The minimum absolute atomic E-state index is 0.417. The van der Waals surface area contributed by atoms with Crippen LogP contribution < -0.4 is 11.1 Å². The highest BCUT2D eigenvalue weighted by Crippen LogP contribution is 2.16.